The molecule has 1 unspecified atom stereocenters. The van der Waals surface area contributed by atoms with Gasteiger partial charge in [0.05, 0.1) is 0 Å². The van der Waals surface area contributed by atoms with Crippen molar-refractivity contribution >= 4 is 5.91 Å². The first-order valence-corrected chi connectivity index (χ1v) is 7.18. The Labute approximate surface area is 106 Å². The van der Waals surface area contributed by atoms with E-state index in [1.54, 1.807) is 0 Å². The summed E-state index contributed by atoms with van der Waals surface area (Å²) in [5.74, 6) is 1.25. The van der Waals surface area contributed by atoms with E-state index in [1.807, 2.05) is 0 Å². The Morgan fingerprint density at radius 1 is 1.35 bits per heavy atom. The summed E-state index contributed by atoms with van der Waals surface area (Å²) >= 11 is 0. The number of hydrogen-bond donors (Lipinski definition) is 1. The molecule has 3 heteroatoms. The summed E-state index contributed by atoms with van der Waals surface area (Å²) in [5.41, 5.74) is 0. The van der Waals surface area contributed by atoms with Crippen LogP contribution in [0.25, 0.3) is 0 Å². The Bertz CT molecular complexity index is 224. The van der Waals surface area contributed by atoms with Gasteiger partial charge in [-0.25, -0.2) is 0 Å². The van der Waals surface area contributed by atoms with E-state index in [4.69, 9.17) is 0 Å². The van der Waals surface area contributed by atoms with E-state index >= 15 is 0 Å². The summed E-state index contributed by atoms with van der Waals surface area (Å²) in [6.45, 7) is 10.4. The maximum absolute atomic E-state index is 12.2. The second kappa shape index (κ2) is 7.70. The Hall–Kier alpha value is -0.570. The molecule has 0 radical (unpaired) electrons. The zero-order chi connectivity index (χ0) is 12.7. The molecule has 0 aliphatic carbocycles. The molecule has 0 saturated carbocycles. The number of nitrogens with one attached hydrogen (secondary N) is 1. The molecule has 0 aromatic carbocycles. The summed E-state index contributed by atoms with van der Waals surface area (Å²) in [7, 11) is 0. The predicted octanol–water partition coefficient (Wildman–Crippen LogP) is 2.27. The van der Waals surface area contributed by atoms with Gasteiger partial charge >= 0.3 is 0 Å². The molecular formula is C14H28N2O. The fourth-order valence-corrected chi connectivity index (χ4v) is 2.62. The SMILES string of the molecule is CCCC(C)C(=O)N(CC)CC1CCNCC1. The molecule has 0 bridgehead atoms. The molecule has 1 atom stereocenters. The number of carbonyl (C=O) groups is 1. The molecule has 1 N–H and O–H groups in total. The van der Waals surface area contributed by atoms with Gasteiger partial charge in [0.2, 0.25) is 5.91 Å². The first-order valence-electron chi connectivity index (χ1n) is 7.18. The summed E-state index contributed by atoms with van der Waals surface area (Å²) in [6.07, 6.45) is 4.54. The van der Waals surface area contributed by atoms with E-state index in [9.17, 15) is 4.79 Å². The minimum atomic E-state index is 0.196. The summed E-state index contributed by atoms with van der Waals surface area (Å²) in [4.78, 5) is 14.3. The average molecular weight is 240 g/mol. The van der Waals surface area contributed by atoms with Crippen molar-refractivity contribution in [3.63, 3.8) is 0 Å². The van der Waals surface area contributed by atoms with Crippen LogP contribution in [0.4, 0.5) is 0 Å². The van der Waals surface area contributed by atoms with Gasteiger partial charge in [0.15, 0.2) is 0 Å². The third-order valence-electron chi connectivity index (χ3n) is 3.77. The molecule has 0 spiro atoms. The van der Waals surface area contributed by atoms with Crippen LogP contribution in [-0.2, 0) is 4.79 Å². The molecule has 0 aromatic heterocycles. The lowest BCUT2D eigenvalue weighted by Crippen LogP contribution is -2.41. The molecular weight excluding hydrogens is 212 g/mol. The molecule has 1 fully saturated rings. The highest BCUT2D eigenvalue weighted by Crippen LogP contribution is 2.16. The van der Waals surface area contributed by atoms with E-state index in [0.717, 1.165) is 39.0 Å². The van der Waals surface area contributed by atoms with Crippen LogP contribution < -0.4 is 5.32 Å². The van der Waals surface area contributed by atoms with Crippen LogP contribution in [0.5, 0.6) is 0 Å². The second-order valence-electron chi connectivity index (χ2n) is 5.26. The van der Waals surface area contributed by atoms with Gasteiger partial charge in [0, 0.05) is 19.0 Å². The maximum atomic E-state index is 12.2. The molecule has 3 nitrogen and oxygen atoms in total. The van der Waals surface area contributed by atoms with Crippen molar-refractivity contribution in [1.29, 1.82) is 0 Å². The lowest BCUT2D eigenvalue weighted by Gasteiger charge is -2.31. The minimum Gasteiger partial charge on any atom is -0.342 e. The molecule has 1 aliphatic heterocycles. The molecule has 1 heterocycles. The Morgan fingerprint density at radius 2 is 2.00 bits per heavy atom. The van der Waals surface area contributed by atoms with E-state index in [0.29, 0.717) is 11.8 Å². The van der Waals surface area contributed by atoms with Crippen LogP contribution in [0.1, 0.15) is 46.5 Å². The molecule has 17 heavy (non-hydrogen) atoms. The smallest absolute Gasteiger partial charge is 0.225 e. The van der Waals surface area contributed by atoms with Gasteiger partial charge in [-0.1, -0.05) is 20.3 Å². The van der Waals surface area contributed by atoms with Crippen LogP contribution in [0, 0.1) is 11.8 Å². The third-order valence-corrected chi connectivity index (χ3v) is 3.77. The largest absolute Gasteiger partial charge is 0.342 e. The lowest BCUT2D eigenvalue weighted by molar-refractivity contribution is -0.135. The quantitative estimate of drug-likeness (QED) is 0.772. The minimum absolute atomic E-state index is 0.196. The van der Waals surface area contributed by atoms with Gasteiger partial charge in [0.1, 0.15) is 0 Å². The number of nitrogens with zero attached hydrogens (tertiary/aromatic N) is 1. The van der Waals surface area contributed by atoms with Crippen molar-refractivity contribution in [3.8, 4) is 0 Å². The number of rotatable bonds is 6. The second-order valence-corrected chi connectivity index (χ2v) is 5.26. The van der Waals surface area contributed by atoms with Gasteiger partial charge in [-0.2, -0.15) is 0 Å². The topological polar surface area (TPSA) is 32.3 Å². The normalized spacial score (nSPS) is 19.0. The van der Waals surface area contributed by atoms with Crippen molar-refractivity contribution < 1.29 is 4.79 Å². The molecule has 0 aromatic rings. The Morgan fingerprint density at radius 3 is 2.53 bits per heavy atom. The number of amides is 1. The average Bonchev–Trinajstić information content (AvgIpc) is 2.36. The third kappa shape index (κ3) is 4.66. The van der Waals surface area contributed by atoms with E-state index < -0.39 is 0 Å². The van der Waals surface area contributed by atoms with Crippen molar-refractivity contribution in [2.45, 2.75) is 46.5 Å². The number of hydrogen-bond acceptors (Lipinski definition) is 2. The summed E-state index contributed by atoms with van der Waals surface area (Å²) < 4.78 is 0. The van der Waals surface area contributed by atoms with Crippen molar-refractivity contribution in [1.82, 2.24) is 10.2 Å². The fourth-order valence-electron chi connectivity index (χ4n) is 2.62. The van der Waals surface area contributed by atoms with Crippen LogP contribution in [0.3, 0.4) is 0 Å². The first kappa shape index (κ1) is 14.5. The Kier molecular flexibility index (Phi) is 6.56. The van der Waals surface area contributed by atoms with Gasteiger partial charge < -0.3 is 10.2 Å². The van der Waals surface area contributed by atoms with Gasteiger partial charge in [0.25, 0.3) is 0 Å². The van der Waals surface area contributed by atoms with Crippen molar-refractivity contribution in [2.24, 2.45) is 11.8 Å². The zero-order valence-electron chi connectivity index (χ0n) is 11.7. The van der Waals surface area contributed by atoms with Crippen LogP contribution >= 0.6 is 0 Å². The number of carbonyl (C=O) groups excluding carboxylic acids is 1. The molecule has 100 valence electrons. The molecule has 1 amide bonds. The number of piperidine rings is 1. The summed E-state index contributed by atoms with van der Waals surface area (Å²) in [5, 5.41) is 3.37. The van der Waals surface area contributed by atoms with Crippen LogP contribution in [-0.4, -0.2) is 37.0 Å². The van der Waals surface area contributed by atoms with Gasteiger partial charge in [-0.3, -0.25) is 4.79 Å². The standard InChI is InChI=1S/C14H28N2O/c1-4-6-12(3)14(17)16(5-2)11-13-7-9-15-10-8-13/h12-13,15H,4-11H2,1-3H3. The van der Waals surface area contributed by atoms with E-state index in [2.05, 4.69) is 31.0 Å². The molecule has 1 saturated heterocycles. The van der Waals surface area contributed by atoms with Crippen LogP contribution in [0.15, 0.2) is 0 Å². The van der Waals surface area contributed by atoms with E-state index in [1.165, 1.54) is 12.8 Å². The van der Waals surface area contributed by atoms with Crippen molar-refractivity contribution in [3.05, 3.63) is 0 Å². The lowest BCUT2D eigenvalue weighted by atomic mass is 9.96. The van der Waals surface area contributed by atoms with Gasteiger partial charge in [-0.05, 0) is 45.2 Å². The fraction of sp³-hybridized carbons (Fsp3) is 0.929. The molecule has 1 rings (SSSR count). The monoisotopic (exact) mass is 240 g/mol. The first-order chi connectivity index (χ1) is 8.19. The zero-order valence-corrected chi connectivity index (χ0v) is 11.7. The Balaban J connectivity index is 2.43. The summed E-state index contributed by atoms with van der Waals surface area (Å²) in [6, 6.07) is 0. The highest BCUT2D eigenvalue weighted by Gasteiger charge is 2.22. The van der Waals surface area contributed by atoms with E-state index in [-0.39, 0.29) is 5.92 Å². The highest BCUT2D eigenvalue weighted by molar-refractivity contribution is 5.78. The van der Waals surface area contributed by atoms with Crippen LogP contribution in [0.2, 0.25) is 0 Å². The maximum Gasteiger partial charge on any atom is 0.225 e. The predicted molar refractivity (Wildman–Crippen MR) is 71.9 cm³/mol. The molecule has 1 aliphatic rings. The highest BCUT2D eigenvalue weighted by atomic mass is 16.2. The van der Waals surface area contributed by atoms with Gasteiger partial charge in [-0.15, -0.1) is 0 Å². The van der Waals surface area contributed by atoms with Crippen molar-refractivity contribution in [2.75, 3.05) is 26.2 Å².